The first-order chi connectivity index (χ1) is 11.7. The summed E-state index contributed by atoms with van der Waals surface area (Å²) in [4.78, 5) is 11.3. The molecule has 0 amide bonds. The molecule has 24 heavy (non-hydrogen) atoms. The first-order valence-corrected chi connectivity index (χ1v) is 7.86. The van der Waals surface area contributed by atoms with Crippen LogP contribution in [0, 0.1) is 11.8 Å². The summed E-state index contributed by atoms with van der Waals surface area (Å²) in [5.41, 5.74) is 3.90. The summed E-state index contributed by atoms with van der Waals surface area (Å²) >= 11 is 0. The molecule has 0 saturated carbocycles. The van der Waals surface area contributed by atoms with Gasteiger partial charge in [0.2, 0.25) is 5.82 Å². The summed E-state index contributed by atoms with van der Waals surface area (Å²) in [6.07, 6.45) is 0. The molecule has 0 aliphatic heterocycles. The van der Waals surface area contributed by atoms with Crippen molar-refractivity contribution < 1.29 is 0 Å². The van der Waals surface area contributed by atoms with Gasteiger partial charge in [-0.2, -0.15) is 0 Å². The number of nitrogens with zero attached hydrogens (tertiary/aromatic N) is 3. The van der Waals surface area contributed by atoms with E-state index in [1.807, 2.05) is 85.7 Å². The van der Waals surface area contributed by atoms with E-state index in [1.165, 1.54) is 0 Å². The van der Waals surface area contributed by atoms with Crippen LogP contribution in [0.2, 0.25) is 0 Å². The molecular formula is C21H19N3. The van der Waals surface area contributed by atoms with Crippen LogP contribution in [0.15, 0.2) is 66.7 Å². The lowest BCUT2D eigenvalue weighted by Gasteiger charge is -2.06. The highest BCUT2D eigenvalue weighted by Gasteiger charge is 2.07. The second-order valence-corrected chi connectivity index (χ2v) is 5.73. The van der Waals surface area contributed by atoms with Crippen molar-refractivity contribution in [3.8, 4) is 34.4 Å². The van der Waals surface area contributed by atoms with E-state index in [0.717, 1.165) is 22.5 Å². The summed E-state index contributed by atoms with van der Waals surface area (Å²) in [6.45, 7) is 0.680. The molecule has 0 bridgehead atoms. The Hall–Kier alpha value is -2.96. The molecule has 3 rings (SSSR count). The molecule has 0 N–H and O–H groups in total. The van der Waals surface area contributed by atoms with Crippen LogP contribution in [-0.2, 0) is 0 Å². The van der Waals surface area contributed by atoms with Crippen LogP contribution < -0.4 is 0 Å². The fourth-order valence-corrected chi connectivity index (χ4v) is 2.29. The SMILES string of the molecule is CN(C)CC#Cc1nc(-c2ccccc2)cc(-c2ccccc2)n1. The third-order valence-corrected chi connectivity index (χ3v) is 3.46. The van der Waals surface area contributed by atoms with Crippen LogP contribution in [0.1, 0.15) is 5.82 Å². The largest absolute Gasteiger partial charge is 0.299 e. The standard InChI is InChI=1S/C21H19N3/c1-24(2)15-9-14-21-22-19(17-10-5-3-6-11-17)16-20(23-21)18-12-7-4-8-13-18/h3-8,10-13,16H,15H2,1-2H3. The smallest absolute Gasteiger partial charge is 0.206 e. The average Bonchev–Trinajstić information content (AvgIpc) is 2.63. The Morgan fingerprint density at radius 2 is 1.29 bits per heavy atom. The minimum Gasteiger partial charge on any atom is -0.299 e. The van der Waals surface area contributed by atoms with Crippen molar-refractivity contribution in [2.75, 3.05) is 20.6 Å². The van der Waals surface area contributed by atoms with Crippen molar-refractivity contribution >= 4 is 0 Å². The van der Waals surface area contributed by atoms with Crippen LogP contribution >= 0.6 is 0 Å². The van der Waals surface area contributed by atoms with Gasteiger partial charge in [0, 0.05) is 11.1 Å². The van der Waals surface area contributed by atoms with Gasteiger partial charge in [-0.25, -0.2) is 9.97 Å². The van der Waals surface area contributed by atoms with Crippen LogP contribution in [0.5, 0.6) is 0 Å². The van der Waals surface area contributed by atoms with Crippen LogP contribution in [0.25, 0.3) is 22.5 Å². The molecule has 0 aliphatic carbocycles. The van der Waals surface area contributed by atoms with Gasteiger partial charge in [0.15, 0.2) is 0 Å². The molecule has 1 aromatic heterocycles. The van der Waals surface area contributed by atoms with Crippen LogP contribution in [0.3, 0.4) is 0 Å². The van der Waals surface area contributed by atoms with Gasteiger partial charge in [-0.3, -0.25) is 4.90 Å². The maximum atomic E-state index is 4.62. The minimum absolute atomic E-state index is 0.553. The molecular weight excluding hydrogens is 294 g/mol. The van der Waals surface area contributed by atoms with E-state index in [9.17, 15) is 0 Å². The zero-order valence-electron chi connectivity index (χ0n) is 13.9. The van der Waals surface area contributed by atoms with E-state index in [2.05, 4.69) is 21.8 Å². The summed E-state index contributed by atoms with van der Waals surface area (Å²) in [5, 5.41) is 0. The van der Waals surface area contributed by atoms with Gasteiger partial charge in [0.25, 0.3) is 0 Å². The Balaban J connectivity index is 2.07. The van der Waals surface area contributed by atoms with Crippen molar-refractivity contribution in [2.45, 2.75) is 0 Å². The fourth-order valence-electron chi connectivity index (χ4n) is 2.29. The average molecular weight is 313 g/mol. The molecule has 3 nitrogen and oxygen atoms in total. The topological polar surface area (TPSA) is 29.0 Å². The summed E-state index contributed by atoms with van der Waals surface area (Å²) in [7, 11) is 3.98. The summed E-state index contributed by atoms with van der Waals surface area (Å²) in [5.74, 6) is 6.74. The zero-order valence-corrected chi connectivity index (χ0v) is 13.9. The highest BCUT2D eigenvalue weighted by atomic mass is 15.0. The number of hydrogen-bond acceptors (Lipinski definition) is 3. The van der Waals surface area contributed by atoms with Crippen LogP contribution in [-0.4, -0.2) is 35.5 Å². The Bertz CT molecular complexity index is 802. The highest BCUT2D eigenvalue weighted by molar-refractivity contribution is 5.68. The summed E-state index contributed by atoms with van der Waals surface area (Å²) in [6, 6.07) is 22.3. The molecule has 1 heterocycles. The second kappa shape index (κ2) is 7.54. The molecule has 0 atom stereocenters. The normalized spacial score (nSPS) is 10.3. The van der Waals surface area contributed by atoms with E-state index < -0.39 is 0 Å². The van der Waals surface area contributed by atoms with Crippen molar-refractivity contribution in [2.24, 2.45) is 0 Å². The van der Waals surface area contributed by atoms with E-state index in [-0.39, 0.29) is 0 Å². The van der Waals surface area contributed by atoms with Crippen molar-refractivity contribution in [3.05, 3.63) is 72.6 Å². The van der Waals surface area contributed by atoms with E-state index in [1.54, 1.807) is 0 Å². The number of rotatable bonds is 3. The van der Waals surface area contributed by atoms with Crippen molar-refractivity contribution in [1.82, 2.24) is 14.9 Å². The Labute approximate surface area is 143 Å². The predicted octanol–water partition coefficient (Wildman–Crippen LogP) is 3.72. The first kappa shape index (κ1) is 15.9. The molecule has 3 aromatic rings. The van der Waals surface area contributed by atoms with Crippen molar-refractivity contribution in [3.63, 3.8) is 0 Å². The van der Waals surface area contributed by atoms with Gasteiger partial charge in [-0.15, -0.1) is 0 Å². The minimum atomic E-state index is 0.553. The third kappa shape index (κ3) is 4.07. The Kier molecular flexibility index (Phi) is 5.00. The number of benzene rings is 2. The lowest BCUT2D eigenvalue weighted by atomic mass is 10.1. The predicted molar refractivity (Wildman–Crippen MR) is 98.3 cm³/mol. The highest BCUT2D eigenvalue weighted by Crippen LogP contribution is 2.23. The van der Waals surface area contributed by atoms with Gasteiger partial charge in [-0.1, -0.05) is 66.6 Å². The van der Waals surface area contributed by atoms with Gasteiger partial charge >= 0.3 is 0 Å². The molecule has 0 unspecified atom stereocenters. The fraction of sp³-hybridized carbons (Fsp3) is 0.143. The molecule has 118 valence electrons. The van der Waals surface area contributed by atoms with Gasteiger partial charge in [0.1, 0.15) is 0 Å². The third-order valence-electron chi connectivity index (χ3n) is 3.46. The molecule has 3 heteroatoms. The molecule has 0 spiro atoms. The molecule has 0 aliphatic rings. The number of aromatic nitrogens is 2. The van der Waals surface area contributed by atoms with Crippen molar-refractivity contribution in [1.29, 1.82) is 0 Å². The quantitative estimate of drug-likeness (QED) is 0.690. The van der Waals surface area contributed by atoms with E-state index >= 15 is 0 Å². The molecule has 0 radical (unpaired) electrons. The zero-order chi connectivity index (χ0) is 16.8. The second-order valence-electron chi connectivity index (χ2n) is 5.73. The van der Waals surface area contributed by atoms with E-state index in [4.69, 9.17) is 0 Å². The maximum Gasteiger partial charge on any atom is 0.206 e. The van der Waals surface area contributed by atoms with Gasteiger partial charge in [0.05, 0.1) is 17.9 Å². The monoisotopic (exact) mass is 313 g/mol. The lowest BCUT2D eigenvalue weighted by Crippen LogP contribution is -2.10. The molecule has 2 aromatic carbocycles. The maximum absolute atomic E-state index is 4.62. The van der Waals surface area contributed by atoms with Gasteiger partial charge < -0.3 is 0 Å². The molecule has 0 fully saturated rings. The van der Waals surface area contributed by atoms with Crippen LogP contribution in [0.4, 0.5) is 0 Å². The summed E-state index contributed by atoms with van der Waals surface area (Å²) < 4.78 is 0. The Morgan fingerprint density at radius 3 is 1.75 bits per heavy atom. The lowest BCUT2D eigenvalue weighted by molar-refractivity contribution is 0.464. The van der Waals surface area contributed by atoms with E-state index in [0.29, 0.717) is 12.4 Å². The Morgan fingerprint density at radius 1 is 0.792 bits per heavy atom. The number of hydrogen-bond donors (Lipinski definition) is 0. The first-order valence-electron chi connectivity index (χ1n) is 7.86. The van der Waals surface area contributed by atoms with Gasteiger partial charge in [-0.05, 0) is 26.1 Å². The molecule has 0 saturated heterocycles.